The van der Waals surface area contributed by atoms with E-state index in [0.717, 1.165) is 0 Å². The van der Waals surface area contributed by atoms with Gasteiger partial charge in [0.15, 0.2) is 0 Å². The van der Waals surface area contributed by atoms with E-state index in [1.807, 2.05) is 11.8 Å². The van der Waals surface area contributed by atoms with Gasteiger partial charge in [0, 0.05) is 8.47 Å². The van der Waals surface area contributed by atoms with Crippen LogP contribution in [0.1, 0.15) is 11.1 Å². The summed E-state index contributed by atoms with van der Waals surface area (Å²) in [7, 11) is 0. The summed E-state index contributed by atoms with van der Waals surface area (Å²) < 4.78 is 1.36. The smallest absolute Gasteiger partial charge is 0.0162 e. The van der Waals surface area contributed by atoms with Gasteiger partial charge >= 0.3 is 0 Å². The molecule has 11 heavy (non-hydrogen) atoms. The predicted molar refractivity (Wildman–Crippen MR) is 60.4 cm³/mol. The van der Waals surface area contributed by atoms with Crippen molar-refractivity contribution < 1.29 is 0 Å². The number of hydrogen-bond donors (Lipinski definition) is 0. The second-order valence-electron chi connectivity index (χ2n) is 2.50. The molecule has 0 aliphatic rings. The molecule has 0 nitrogen and oxygen atoms in total. The molecule has 0 unspecified atom stereocenters. The minimum Gasteiger partial charge on any atom is -0.129 e. The lowest BCUT2D eigenvalue weighted by Crippen LogP contribution is -1.87. The van der Waals surface area contributed by atoms with Gasteiger partial charge in [0.25, 0.3) is 0 Å². The van der Waals surface area contributed by atoms with Crippen molar-refractivity contribution in [2.45, 2.75) is 18.7 Å². The molecule has 0 bridgehead atoms. The molecule has 0 atom stereocenters. The van der Waals surface area contributed by atoms with Crippen molar-refractivity contribution in [3.63, 3.8) is 0 Å². The van der Waals surface area contributed by atoms with Crippen molar-refractivity contribution in [1.29, 1.82) is 0 Å². The monoisotopic (exact) mass is 278 g/mol. The zero-order chi connectivity index (χ0) is 8.43. The molecule has 0 spiro atoms. The molecule has 0 N–H and O–H groups in total. The van der Waals surface area contributed by atoms with Gasteiger partial charge in [-0.25, -0.2) is 0 Å². The Labute approximate surface area is 85.9 Å². The Kier molecular flexibility index (Phi) is 3.25. The molecule has 0 aliphatic heterocycles. The van der Waals surface area contributed by atoms with E-state index in [9.17, 15) is 0 Å². The first-order chi connectivity index (χ1) is 5.16. The Morgan fingerprint density at radius 1 is 1.18 bits per heavy atom. The van der Waals surface area contributed by atoms with Crippen LogP contribution in [0.2, 0.25) is 0 Å². The molecule has 1 aromatic carbocycles. The van der Waals surface area contributed by atoms with E-state index < -0.39 is 0 Å². The van der Waals surface area contributed by atoms with E-state index in [2.05, 4.69) is 54.8 Å². The Bertz CT molecular complexity index is 269. The summed E-state index contributed by atoms with van der Waals surface area (Å²) in [6.45, 7) is 4.36. The molecule has 1 aromatic rings. The van der Waals surface area contributed by atoms with Gasteiger partial charge in [-0.15, -0.1) is 11.8 Å². The van der Waals surface area contributed by atoms with Crippen LogP contribution in [0.25, 0.3) is 0 Å². The lowest BCUT2D eigenvalue weighted by molar-refractivity contribution is 1.21. The maximum atomic E-state index is 2.37. The fourth-order valence-corrected chi connectivity index (χ4v) is 2.23. The van der Waals surface area contributed by atoms with E-state index in [4.69, 9.17) is 0 Å². The molecular formula is C9H11IS. The average Bonchev–Trinajstić information content (AvgIpc) is 2.01. The molecule has 1 rings (SSSR count). The molecule has 0 aliphatic carbocycles. The van der Waals surface area contributed by atoms with Crippen LogP contribution in [0.5, 0.6) is 0 Å². The summed E-state index contributed by atoms with van der Waals surface area (Å²) in [5, 5.41) is 0. The third-order valence-electron chi connectivity index (χ3n) is 1.89. The highest BCUT2D eigenvalue weighted by Crippen LogP contribution is 2.25. The molecule has 0 saturated heterocycles. The van der Waals surface area contributed by atoms with Gasteiger partial charge in [-0.2, -0.15) is 0 Å². The van der Waals surface area contributed by atoms with Crippen molar-refractivity contribution in [1.82, 2.24) is 0 Å². The number of halogens is 1. The summed E-state index contributed by atoms with van der Waals surface area (Å²) in [5.74, 6) is 0. The Morgan fingerprint density at radius 3 is 2.36 bits per heavy atom. The van der Waals surface area contributed by atoms with Crippen molar-refractivity contribution in [3.05, 3.63) is 26.8 Å². The molecule has 0 fully saturated rings. The van der Waals surface area contributed by atoms with E-state index >= 15 is 0 Å². The fraction of sp³-hybridized carbons (Fsp3) is 0.333. The second kappa shape index (κ2) is 3.81. The highest BCUT2D eigenvalue weighted by atomic mass is 127. The molecule has 0 amide bonds. The third kappa shape index (κ3) is 1.90. The molecule has 0 heterocycles. The van der Waals surface area contributed by atoms with Gasteiger partial charge in [0.1, 0.15) is 0 Å². The first kappa shape index (κ1) is 9.39. The third-order valence-corrected chi connectivity index (χ3v) is 3.94. The van der Waals surface area contributed by atoms with Crippen LogP contribution in [0.4, 0.5) is 0 Å². The number of rotatable bonds is 1. The van der Waals surface area contributed by atoms with E-state index in [1.54, 1.807) is 0 Å². The standard InChI is InChI=1S/C9H11IS/c1-6-7(2)9(11-3)5-4-8(6)10/h4-5H,1-3H3. The maximum absolute atomic E-state index is 2.37. The summed E-state index contributed by atoms with van der Waals surface area (Å²) in [6.07, 6.45) is 2.12. The van der Waals surface area contributed by atoms with E-state index in [0.29, 0.717) is 0 Å². The average molecular weight is 278 g/mol. The predicted octanol–water partition coefficient (Wildman–Crippen LogP) is 3.63. The van der Waals surface area contributed by atoms with Gasteiger partial charge in [-0.3, -0.25) is 0 Å². The van der Waals surface area contributed by atoms with Crippen molar-refractivity contribution in [2.75, 3.05) is 6.26 Å². The molecule has 2 heteroatoms. The first-order valence-corrected chi connectivity index (χ1v) is 5.77. The van der Waals surface area contributed by atoms with Crippen LogP contribution in [-0.2, 0) is 0 Å². The van der Waals surface area contributed by atoms with E-state index in [-0.39, 0.29) is 0 Å². The molecule has 60 valence electrons. The number of hydrogen-bond acceptors (Lipinski definition) is 1. The van der Waals surface area contributed by atoms with Crippen LogP contribution >= 0.6 is 34.4 Å². The largest absolute Gasteiger partial charge is 0.129 e. The quantitative estimate of drug-likeness (QED) is 0.558. The summed E-state index contributed by atoms with van der Waals surface area (Å²) >= 11 is 4.19. The Hall–Kier alpha value is 0.300. The Morgan fingerprint density at radius 2 is 1.82 bits per heavy atom. The summed E-state index contributed by atoms with van der Waals surface area (Å²) in [6, 6.07) is 4.36. The zero-order valence-electron chi connectivity index (χ0n) is 6.94. The summed E-state index contributed by atoms with van der Waals surface area (Å²) in [4.78, 5) is 1.39. The maximum Gasteiger partial charge on any atom is 0.0162 e. The van der Waals surface area contributed by atoms with Gasteiger partial charge in [0.05, 0.1) is 0 Å². The van der Waals surface area contributed by atoms with Crippen molar-refractivity contribution in [2.24, 2.45) is 0 Å². The normalized spacial score (nSPS) is 10.2. The van der Waals surface area contributed by atoms with Gasteiger partial charge in [-0.05, 0) is 66.0 Å². The van der Waals surface area contributed by atoms with Gasteiger partial charge in [-0.1, -0.05) is 0 Å². The fourth-order valence-electron chi connectivity index (χ4n) is 0.984. The van der Waals surface area contributed by atoms with Gasteiger partial charge < -0.3 is 0 Å². The highest BCUT2D eigenvalue weighted by Gasteiger charge is 2.01. The molecule has 0 saturated carbocycles. The summed E-state index contributed by atoms with van der Waals surface area (Å²) in [5.41, 5.74) is 2.84. The van der Waals surface area contributed by atoms with Crippen LogP contribution in [0.15, 0.2) is 17.0 Å². The van der Waals surface area contributed by atoms with Gasteiger partial charge in [0.2, 0.25) is 0 Å². The molecule has 0 radical (unpaired) electrons. The molecule has 0 aromatic heterocycles. The number of benzene rings is 1. The van der Waals surface area contributed by atoms with E-state index in [1.165, 1.54) is 19.6 Å². The highest BCUT2D eigenvalue weighted by molar-refractivity contribution is 14.1. The van der Waals surface area contributed by atoms with Crippen LogP contribution in [-0.4, -0.2) is 6.26 Å². The molecular weight excluding hydrogens is 267 g/mol. The minimum atomic E-state index is 1.36. The number of thioether (sulfide) groups is 1. The second-order valence-corrected chi connectivity index (χ2v) is 4.51. The van der Waals surface area contributed by atoms with Crippen molar-refractivity contribution in [3.8, 4) is 0 Å². The zero-order valence-corrected chi connectivity index (χ0v) is 9.91. The lowest BCUT2D eigenvalue weighted by atomic mass is 10.1. The Balaban J connectivity index is 3.25. The van der Waals surface area contributed by atoms with Crippen molar-refractivity contribution >= 4 is 34.4 Å². The van der Waals surface area contributed by atoms with Crippen LogP contribution in [0.3, 0.4) is 0 Å². The van der Waals surface area contributed by atoms with Crippen LogP contribution < -0.4 is 0 Å². The minimum absolute atomic E-state index is 1.36. The SMILES string of the molecule is CSc1ccc(I)c(C)c1C. The van der Waals surface area contributed by atoms with Crippen LogP contribution in [0, 0.1) is 17.4 Å². The topological polar surface area (TPSA) is 0 Å². The first-order valence-electron chi connectivity index (χ1n) is 3.46. The lowest BCUT2D eigenvalue weighted by Gasteiger charge is -2.06.